The van der Waals surface area contributed by atoms with Crippen LogP contribution in [-0.2, 0) is 0 Å². The van der Waals surface area contributed by atoms with Crippen molar-refractivity contribution in [3.05, 3.63) is 0 Å². The molecular weight excluding hydrogens is 250 g/mol. The summed E-state index contributed by atoms with van der Waals surface area (Å²) in [5, 5.41) is 0. The van der Waals surface area contributed by atoms with E-state index in [1.165, 1.54) is 25.7 Å². The van der Waals surface area contributed by atoms with Crippen molar-refractivity contribution in [2.24, 2.45) is 0 Å². The first-order valence-electron chi connectivity index (χ1n) is 4.31. The second kappa shape index (κ2) is 10.9. The first kappa shape index (κ1) is 16.3. The van der Waals surface area contributed by atoms with Gasteiger partial charge in [0.2, 0.25) is 0 Å². The number of rotatable bonds is 4. The van der Waals surface area contributed by atoms with Gasteiger partial charge in [-0.05, 0) is 0 Å². The standard InChI is InChI=1S/C6H13.H4O4Si.Rb/c1-3-5-6-4-2;1-5(2,3)4;/h1,3-6H2,2H3;1-4H;. The second-order valence-corrected chi connectivity index (χ2v) is 6.32. The predicted octanol–water partition coefficient (Wildman–Crippen LogP) is -0.455. The second-order valence-electron chi connectivity index (χ2n) is 2.66. The third-order valence-electron chi connectivity index (χ3n) is 1.21. The Balaban J connectivity index is 0. The Morgan fingerprint density at radius 2 is 1.42 bits per heavy atom. The number of unbranched alkanes of at least 4 members (excludes halogenated alkanes) is 3. The fourth-order valence-electron chi connectivity index (χ4n) is 0.677. The van der Waals surface area contributed by atoms with Crippen molar-refractivity contribution < 1.29 is 19.2 Å². The van der Waals surface area contributed by atoms with Crippen LogP contribution in [0.15, 0.2) is 0 Å². The summed E-state index contributed by atoms with van der Waals surface area (Å²) in [6, 6.07) is 0. The van der Waals surface area contributed by atoms with E-state index in [0.29, 0.717) is 0 Å². The van der Waals surface area contributed by atoms with Crippen LogP contribution in [0.4, 0.5) is 0 Å². The zero-order chi connectivity index (χ0) is 10.0. The largest absolute Gasteiger partial charge is 0.668 e. The average Bonchev–Trinajstić information content (AvgIpc) is 1.85. The van der Waals surface area contributed by atoms with Gasteiger partial charge in [0.1, 0.15) is 0 Å². The van der Waals surface area contributed by atoms with Gasteiger partial charge in [-0.15, -0.1) is 0 Å². The van der Waals surface area contributed by atoms with E-state index in [1.54, 1.807) is -0.511 Å². The molecule has 0 bridgehead atoms. The average molecular weight is 267 g/mol. The van der Waals surface area contributed by atoms with E-state index in [1.807, 2.05) is 0 Å². The third kappa shape index (κ3) is 40.7. The van der Waals surface area contributed by atoms with E-state index >= 15 is 0 Å². The van der Waals surface area contributed by atoms with Crippen molar-refractivity contribution in [2.75, 3.05) is 0 Å². The topological polar surface area (TPSA) is 80.9 Å². The minimum Gasteiger partial charge on any atom is -0.368 e. The van der Waals surface area contributed by atoms with Gasteiger partial charge in [0.25, 0.3) is 0 Å². The van der Waals surface area contributed by atoms with Crippen molar-refractivity contribution in [3.63, 3.8) is 0 Å². The molecule has 0 aliphatic carbocycles. The summed E-state index contributed by atoms with van der Waals surface area (Å²) < 4.78 is 1.57. The molecule has 0 radical (unpaired) electrons. The predicted molar refractivity (Wildman–Crippen MR) is 49.3 cm³/mol. The van der Waals surface area contributed by atoms with Crippen LogP contribution < -0.4 is 0 Å². The molecule has 0 aromatic heterocycles. The van der Waals surface area contributed by atoms with Crippen LogP contribution in [0, 0.1) is 0 Å². The minimum absolute atomic E-state index is 0.976. The summed E-state index contributed by atoms with van der Waals surface area (Å²) in [5.74, 6) is 0. The molecule has 70 valence electrons. The van der Waals surface area contributed by atoms with Crippen LogP contribution >= 0.6 is 0 Å². The van der Waals surface area contributed by atoms with E-state index in [-0.39, 0.29) is 0 Å². The molecule has 0 aliphatic heterocycles. The maximum absolute atomic E-state index is 7.33. The normalized spacial score (nSPS) is 10.6. The van der Waals surface area contributed by atoms with Crippen molar-refractivity contribution in [3.8, 4) is 0 Å². The molecule has 0 rings (SSSR count). The van der Waals surface area contributed by atoms with Gasteiger partial charge < -0.3 is 19.2 Å². The van der Waals surface area contributed by atoms with Gasteiger partial charge >= 0.3 is 96.7 Å². The molecule has 0 aromatic rings. The molecule has 0 amide bonds. The SMILES string of the molecule is CCCCC[CH2][Rb].O[Si](O)(O)O. The molecule has 4 nitrogen and oxygen atoms in total. The van der Waals surface area contributed by atoms with Crippen molar-refractivity contribution in [1.82, 2.24) is 0 Å². The molecule has 12 heavy (non-hydrogen) atoms. The van der Waals surface area contributed by atoms with E-state index in [0.717, 1.165) is 55.5 Å². The molecule has 4 N–H and O–H groups in total. The summed E-state index contributed by atoms with van der Waals surface area (Å²) in [6.45, 7) is 2.26. The molecule has 6 heteroatoms. The first-order valence-corrected chi connectivity index (χ1v) is 9.57. The van der Waals surface area contributed by atoms with E-state index in [2.05, 4.69) is 6.92 Å². The third-order valence-corrected chi connectivity index (χ3v) is 2.95. The van der Waals surface area contributed by atoms with Crippen molar-refractivity contribution >= 4 is 64.6 Å². The summed E-state index contributed by atoms with van der Waals surface area (Å²) in [4.78, 5) is 29.3. The quantitative estimate of drug-likeness (QED) is 0.410. The van der Waals surface area contributed by atoms with Gasteiger partial charge in [-0.25, -0.2) is 0 Å². The summed E-state index contributed by atoms with van der Waals surface area (Å²) >= 11 is 0.976. The van der Waals surface area contributed by atoms with Gasteiger partial charge in [-0.2, -0.15) is 0 Å². The molecule has 0 atom stereocenters. The Morgan fingerprint density at radius 1 is 1.00 bits per heavy atom. The zero-order valence-electron chi connectivity index (χ0n) is 7.82. The van der Waals surface area contributed by atoms with Crippen molar-refractivity contribution in [1.29, 1.82) is 0 Å². The van der Waals surface area contributed by atoms with Crippen molar-refractivity contribution in [2.45, 2.75) is 32.1 Å². The molecule has 0 saturated heterocycles. The van der Waals surface area contributed by atoms with Crippen LogP contribution in [0.3, 0.4) is 0 Å². The fraction of sp³-hybridized carbons (Fsp3) is 1.00. The molecule has 0 aliphatic rings. The van der Waals surface area contributed by atoms with E-state index in [9.17, 15) is 0 Å². The van der Waals surface area contributed by atoms with Crippen LogP contribution in [0.2, 0.25) is -0.511 Å². The molecule has 0 spiro atoms. The Morgan fingerprint density at radius 3 is 1.67 bits per heavy atom. The van der Waals surface area contributed by atoms with E-state index < -0.39 is 9.05 Å². The number of hydrogen-bond donors (Lipinski definition) is 4. The Labute approximate surface area is 114 Å². The molecular formula is C6H17O4RbSi. The Kier molecular flexibility index (Phi) is 14.9. The minimum atomic E-state index is -4.61. The maximum atomic E-state index is 7.33. The van der Waals surface area contributed by atoms with Crippen LogP contribution in [0.1, 0.15) is 32.6 Å². The molecule has 0 saturated carbocycles. The number of hydrogen-bond acceptors (Lipinski definition) is 4. The summed E-state index contributed by atoms with van der Waals surface area (Å²) in [7, 11) is -4.61. The zero-order valence-corrected chi connectivity index (χ0v) is 13.7. The Bertz CT molecular complexity index is 76.1. The Hall–Kier alpha value is 1.86. The van der Waals surface area contributed by atoms with E-state index in [4.69, 9.17) is 19.2 Å². The molecule has 0 aromatic carbocycles. The first-order chi connectivity index (χ1) is 5.41. The van der Waals surface area contributed by atoms with Gasteiger partial charge in [0.15, 0.2) is 0 Å². The fourth-order valence-corrected chi connectivity index (χ4v) is 1.91. The monoisotopic (exact) mass is 266 g/mol. The van der Waals surface area contributed by atoms with Crippen LogP contribution in [0.25, 0.3) is 0 Å². The van der Waals surface area contributed by atoms with Gasteiger partial charge in [0, 0.05) is 0 Å². The molecule has 0 fully saturated rings. The maximum Gasteiger partial charge on any atom is 0.668 e. The molecule has 0 heterocycles. The van der Waals surface area contributed by atoms with Gasteiger partial charge in [-0.3, -0.25) is 0 Å². The smallest absolute Gasteiger partial charge is 0.368 e. The van der Waals surface area contributed by atoms with Gasteiger partial charge in [-0.1, -0.05) is 0 Å². The van der Waals surface area contributed by atoms with Crippen LogP contribution in [-0.4, -0.2) is 83.8 Å². The van der Waals surface area contributed by atoms with Crippen LogP contribution in [0.5, 0.6) is 0 Å². The van der Waals surface area contributed by atoms with Gasteiger partial charge in [0.05, 0.1) is 0 Å². The summed E-state index contributed by atoms with van der Waals surface area (Å²) in [5.41, 5.74) is 0. The molecule has 0 unspecified atom stereocenters. The summed E-state index contributed by atoms with van der Waals surface area (Å²) in [6.07, 6.45) is 5.85.